The standard InChI is InChI=1S/C16H19ClN4O3S2/c17-12-2-1-3-14(10-12)26(23,24)19-11-15(22)20-13-4-7-21(8-5-13)16-18-6-9-25-16/h1-3,6,9-10,13,19H,4-5,7-8,11H2,(H,20,22). The quantitative estimate of drug-likeness (QED) is 0.752. The highest BCUT2D eigenvalue weighted by Gasteiger charge is 2.23. The van der Waals surface area contributed by atoms with Gasteiger partial charge < -0.3 is 10.2 Å². The van der Waals surface area contributed by atoms with Crippen molar-refractivity contribution in [2.75, 3.05) is 24.5 Å². The maximum atomic E-state index is 12.2. The van der Waals surface area contributed by atoms with Crippen LogP contribution in [0.4, 0.5) is 5.13 Å². The first kappa shape index (κ1) is 19.1. The lowest BCUT2D eigenvalue weighted by atomic mass is 10.1. The lowest BCUT2D eigenvalue weighted by Gasteiger charge is -2.32. The van der Waals surface area contributed by atoms with Gasteiger partial charge in [-0.3, -0.25) is 4.79 Å². The number of thiazole rings is 1. The largest absolute Gasteiger partial charge is 0.352 e. The normalized spacial score (nSPS) is 15.8. The summed E-state index contributed by atoms with van der Waals surface area (Å²) in [6.45, 7) is 1.32. The summed E-state index contributed by atoms with van der Waals surface area (Å²) >= 11 is 7.41. The summed E-state index contributed by atoms with van der Waals surface area (Å²) in [6.07, 6.45) is 3.37. The van der Waals surface area contributed by atoms with Gasteiger partial charge in [0.25, 0.3) is 0 Å². The van der Waals surface area contributed by atoms with Crippen molar-refractivity contribution in [3.63, 3.8) is 0 Å². The van der Waals surface area contributed by atoms with Crippen LogP contribution in [-0.2, 0) is 14.8 Å². The lowest BCUT2D eigenvalue weighted by Crippen LogP contribution is -2.47. The molecule has 2 aromatic rings. The molecule has 26 heavy (non-hydrogen) atoms. The van der Waals surface area contributed by atoms with Crippen molar-refractivity contribution >= 4 is 44.0 Å². The van der Waals surface area contributed by atoms with Crippen molar-refractivity contribution in [3.8, 4) is 0 Å². The van der Waals surface area contributed by atoms with E-state index in [-0.39, 0.29) is 23.4 Å². The first-order valence-corrected chi connectivity index (χ1v) is 10.9. The Kier molecular flexibility index (Phi) is 6.13. The number of hydrogen-bond donors (Lipinski definition) is 2. The van der Waals surface area contributed by atoms with Crippen molar-refractivity contribution in [1.82, 2.24) is 15.0 Å². The summed E-state index contributed by atoms with van der Waals surface area (Å²) < 4.78 is 26.7. The first-order chi connectivity index (χ1) is 12.4. The van der Waals surface area contributed by atoms with Crippen molar-refractivity contribution in [3.05, 3.63) is 40.9 Å². The van der Waals surface area contributed by atoms with Gasteiger partial charge in [-0.15, -0.1) is 11.3 Å². The average molecular weight is 415 g/mol. The van der Waals surface area contributed by atoms with Gasteiger partial charge in [0.1, 0.15) is 0 Å². The molecule has 1 aromatic heterocycles. The molecular weight excluding hydrogens is 396 g/mol. The van der Waals surface area contributed by atoms with Gasteiger partial charge in [-0.25, -0.2) is 18.1 Å². The summed E-state index contributed by atoms with van der Waals surface area (Å²) in [5.74, 6) is -0.344. The number of rotatable bonds is 6. The van der Waals surface area contributed by atoms with Gasteiger partial charge in [0, 0.05) is 35.7 Å². The van der Waals surface area contributed by atoms with Crippen LogP contribution in [0.15, 0.2) is 40.7 Å². The van der Waals surface area contributed by atoms with Crippen LogP contribution in [0, 0.1) is 0 Å². The van der Waals surface area contributed by atoms with Crippen molar-refractivity contribution in [2.24, 2.45) is 0 Å². The highest BCUT2D eigenvalue weighted by Crippen LogP contribution is 2.22. The van der Waals surface area contributed by atoms with Crippen LogP contribution in [0.5, 0.6) is 0 Å². The fraction of sp³-hybridized carbons (Fsp3) is 0.375. The topological polar surface area (TPSA) is 91.4 Å². The molecule has 0 spiro atoms. The molecule has 0 unspecified atom stereocenters. The lowest BCUT2D eigenvalue weighted by molar-refractivity contribution is -0.120. The number of anilines is 1. The molecule has 1 saturated heterocycles. The zero-order valence-electron chi connectivity index (χ0n) is 13.9. The van der Waals surface area contributed by atoms with Gasteiger partial charge in [0.05, 0.1) is 11.4 Å². The van der Waals surface area contributed by atoms with E-state index in [1.165, 1.54) is 12.1 Å². The molecule has 7 nitrogen and oxygen atoms in total. The molecule has 0 radical (unpaired) electrons. The number of nitrogens with one attached hydrogen (secondary N) is 2. The van der Waals surface area contributed by atoms with E-state index in [1.807, 2.05) is 5.38 Å². The van der Waals surface area contributed by atoms with E-state index in [0.29, 0.717) is 5.02 Å². The maximum absolute atomic E-state index is 12.2. The smallest absolute Gasteiger partial charge is 0.241 e. The van der Waals surface area contributed by atoms with Gasteiger partial charge in [0.2, 0.25) is 15.9 Å². The number of carbonyl (C=O) groups is 1. The Bertz CT molecular complexity index is 850. The Labute approximate surface area is 161 Å². The van der Waals surface area contributed by atoms with Gasteiger partial charge in [-0.1, -0.05) is 17.7 Å². The molecule has 1 aromatic carbocycles. The second-order valence-electron chi connectivity index (χ2n) is 5.93. The zero-order valence-corrected chi connectivity index (χ0v) is 16.3. The molecule has 2 N–H and O–H groups in total. The Morgan fingerprint density at radius 1 is 1.35 bits per heavy atom. The Hall–Kier alpha value is -1.68. The van der Waals surface area contributed by atoms with E-state index in [9.17, 15) is 13.2 Å². The molecule has 1 aliphatic rings. The molecule has 140 valence electrons. The maximum Gasteiger partial charge on any atom is 0.241 e. The van der Waals surface area contributed by atoms with E-state index >= 15 is 0 Å². The Morgan fingerprint density at radius 2 is 2.12 bits per heavy atom. The first-order valence-electron chi connectivity index (χ1n) is 8.13. The summed E-state index contributed by atoms with van der Waals surface area (Å²) in [5.41, 5.74) is 0. The third-order valence-corrected chi connectivity index (χ3v) is 6.55. The number of carbonyl (C=O) groups excluding carboxylic acids is 1. The second kappa shape index (κ2) is 8.34. The Morgan fingerprint density at radius 3 is 2.77 bits per heavy atom. The minimum absolute atomic E-state index is 0.0365. The monoisotopic (exact) mass is 414 g/mol. The molecule has 0 saturated carbocycles. The second-order valence-corrected chi connectivity index (χ2v) is 9.00. The molecule has 0 bridgehead atoms. The number of amides is 1. The fourth-order valence-electron chi connectivity index (χ4n) is 2.74. The predicted molar refractivity (Wildman–Crippen MR) is 102 cm³/mol. The number of benzene rings is 1. The van der Waals surface area contributed by atoms with E-state index in [1.54, 1.807) is 29.7 Å². The van der Waals surface area contributed by atoms with E-state index in [4.69, 9.17) is 11.6 Å². The average Bonchev–Trinajstić information content (AvgIpc) is 3.15. The summed E-state index contributed by atoms with van der Waals surface area (Å²) in [7, 11) is -3.77. The van der Waals surface area contributed by atoms with Crippen molar-refractivity contribution in [2.45, 2.75) is 23.8 Å². The Balaban J connectivity index is 1.46. The highest BCUT2D eigenvalue weighted by atomic mass is 35.5. The third-order valence-electron chi connectivity index (χ3n) is 4.08. The predicted octanol–water partition coefficient (Wildman–Crippen LogP) is 1.86. The van der Waals surface area contributed by atoms with Crippen molar-refractivity contribution in [1.29, 1.82) is 0 Å². The van der Waals surface area contributed by atoms with Crippen LogP contribution in [0.25, 0.3) is 0 Å². The minimum atomic E-state index is -3.77. The summed E-state index contributed by atoms with van der Waals surface area (Å²) in [5, 5.41) is 6.14. The molecule has 0 aliphatic carbocycles. The number of piperidine rings is 1. The molecule has 1 fully saturated rings. The van der Waals surface area contributed by atoms with Gasteiger partial charge in [-0.05, 0) is 31.0 Å². The van der Waals surface area contributed by atoms with Gasteiger partial charge in [0.15, 0.2) is 5.13 Å². The summed E-state index contributed by atoms with van der Waals surface area (Å²) in [6, 6.07) is 5.95. The molecule has 1 amide bonds. The van der Waals surface area contributed by atoms with E-state index < -0.39 is 10.0 Å². The summed E-state index contributed by atoms with van der Waals surface area (Å²) in [4.78, 5) is 18.6. The van der Waals surface area contributed by atoms with Crippen molar-refractivity contribution < 1.29 is 13.2 Å². The van der Waals surface area contributed by atoms with Crippen LogP contribution in [-0.4, -0.2) is 45.0 Å². The van der Waals surface area contributed by atoms with E-state index in [0.717, 1.165) is 31.1 Å². The number of aromatic nitrogens is 1. The molecule has 3 rings (SSSR count). The number of hydrogen-bond acceptors (Lipinski definition) is 6. The number of nitrogens with zero attached hydrogens (tertiary/aromatic N) is 2. The van der Waals surface area contributed by atoms with Crippen LogP contribution < -0.4 is 14.9 Å². The molecular formula is C16H19ClN4O3S2. The number of sulfonamides is 1. The molecule has 1 aliphatic heterocycles. The van der Waals surface area contributed by atoms with Crippen LogP contribution in [0.3, 0.4) is 0 Å². The fourth-order valence-corrected chi connectivity index (χ4v) is 4.72. The molecule has 0 atom stereocenters. The third kappa shape index (κ3) is 4.94. The van der Waals surface area contributed by atoms with Crippen LogP contribution >= 0.6 is 22.9 Å². The number of halogens is 1. The zero-order chi connectivity index (χ0) is 18.6. The van der Waals surface area contributed by atoms with Gasteiger partial charge >= 0.3 is 0 Å². The minimum Gasteiger partial charge on any atom is -0.352 e. The SMILES string of the molecule is O=C(CNS(=O)(=O)c1cccc(Cl)c1)NC1CCN(c2nccs2)CC1. The molecule has 10 heteroatoms. The highest BCUT2D eigenvalue weighted by molar-refractivity contribution is 7.89. The van der Waals surface area contributed by atoms with Gasteiger partial charge in [-0.2, -0.15) is 0 Å². The van der Waals surface area contributed by atoms with Crippen LogP contribution in [0.1, 0.15) is 12.8 Å². The molecule has 2 heterocycles. The van der Waals surface area contributed by atoms with Crippen LogP contribution in [0.2, 0.25) is 5.02 Å². The van der Waals surface area contributed by atoms with E-state index in [2.05, 4.69) is 19.9 Å².